The quantitative estimate of drug-likeness (QED) is 0.860. The van der Waals surface area contributed by atoms with Crippen LogP contribution < -0.4 is 10.5 Å². The maximum atomic E-state index is 12.0. The molecule has 0 aliphatic heterocycles. The summed E-state index contributed by atoms with van der Waals surface area (Å²) in [6, 6.07) is 5.62. The predicted molar refractivity (Wildman–Crippen MR) is 70.3 cm³/mol. The number of thioether (sulfide) groups is 1. The van der Waals surface area contributed by atoms with Gasteiger partial charge in [0.2, 0.25) is 0 Å². The third kappa shape index (κ3) is 4.04. The second-order valence-corrected chi connectivity index (χ2v) is 5.63. The average Bonchev–Trinajstić information content (AvgIpc) is 2.34. The predicted octanol–water partition coefficient (Wildman–Crippen LogP) is 3.65. The Morgan fingerprint density at radius 1 is 1.37 bits per heavy atom. The summed E-state index contributed by atoms with van der Waals surface area (Å²) in [5.74, 6) is 0.578. The Labute approximate surface area is 114 Å². The van der Waals surface area contributed by atoms with Crippen LogP contribution in [-0.4, -0.2) is 17.9 Å². The van der Waals surface area contributed by atoms with Crippen LogP contribution in [0.25, 0.3) is 0 Å². The van der Waals surface area contributed by atoms with Crippen LogP contribution in [0.5, 0.6) is 5.75 Å². The molecule has 0 saturated heterocycles. The topological polar surface area (TPSA) is 35.2 Å². The number of halogens is 3. The standard InChI is InChI=1S/C13H16F3NOS/c14-13(15,16)19-8-7-18-12-6-2-3-9-10(12)4-1-5-11(9)17/h2-3,6,11H,1,4-5,7-8,17H2. The fraction of sp³-hybridized carbons (Fsp3) is 0.538. The molecule has 0 bridgehead atoms. The number of hydrogen-bond acceptors (Lipinski definition) is 3. The first-order valence-electron chi connectivity index (χ1n) is 6.18. The van der Waals surface area contributed by atoms with Crippen molar-refractivity contribution in [3.63, 3.8) is 0 Å². The highest BCUT2D eigenvalue weighted by Crippen LogP contribution is 2.34. The smallest absolute Gasteiger partial charge is 0.441 e. The van der Waals surface area contributed by atoms with Crippen LogP contribution >= 0.6 is 11.8 Å². The summed E-state index contributed by atoms with van der Waals surface area (Å²) in [6.45, 7) is 0.0515. The SMILES string of the molecule is NC1CCCc2c(OCCSC(F)(F)F)cccc21. The molecule has 0 spiro atoms. The summed E-state index contributed by atoms with van der Waals surface area (Å²) in [5, 5.41) is 0. The van der Waals surface area contributed by atoms with Crippen LogP contribution in [0.4, 0.5) is 13.2 Å². The Bertz CT molecular complexity index is 436. The molecule has 0 heterocycles. The minimum absolute atomic E-state index is 0.0110. The van der Waals surface area contributed by atoms with Gasteiger partial charge in [-0.05, 0) is 48.2 Å². The van der Waals surface area contributed by atoms with Crippen molar-refractivity contribution in [2.75, 3.05) is 12.4 Å². The number of hydrogen-bond donors (Lipinski definition) is 1. The Kier molecular flexibility index (Phi) is 4.62. The average molecular weight is 291 g/mol. The highest BCUT2D eigenvalue weighted by atomic mass is 32.2. The molecule has 106 valence electrons. The minimum Gasteiger partial charge on any atom is -0.492 e. The normalized spacial score (nSPS) is 19.1. The molecule has 0 aromatic heterocycles. The minimum atomic E-state index is -4.19. The molecular weight excluding hydrogens is 275 g/mol. The summed E-state index contributed by atoms with van der Waals surface area (Å²) >= 11 is -0.0589. The molecule has 0 amide bonds. The number of fused-ring (bicyclic) bond motifs is 1. The van der Waals surface area contributed by atoms with Crippen LogP contribution in [0, 0.1) is 0 Å². The van der Waals surface area contributed by atoms with Crippen molar-refractivity contribution in [2.45, 2.75) is 30.8 Å². The highest BCUT2D eigenvalue weighted by molar-refractivity contribution is 8.00. The van der Waals surface area contributed by atoms with Gasteiger partial charge in [-0.2, -0.15) is 13.2 Å². The van der Waals surface area contributed by atoms with Gasteiger partial charge in [0.05, 0.1) is 6.61 Å². The number of nitrogens with two attached hydrogens (primary N) is 1. The van der Waals surface area contributed by atoms with Crippen molar-refractivity contribution in [1.82, 2.24) is 0 Å². The van der Waals surface area contributed by atoms with E-state index in [-0.39, 0.29) is 30.2 Å². The van der Waals surface area contributed by atoms with Crippen LogP contribution in [0.2, 0.25) is 0 Å². The van der Waals surface area contributed by atoms with Gasteiger partial charge in [0, 0.05) is 11.8 Å². The van der Waals surface area contributed by atoms with Gasteiger partial charge >= 0.3 is 5.51 Å². The third-order valence-corrected chi connectivity index (χ3v) is 3.82. The summed E-state index contributed by atoms with van der Waals surface area (Å²) in [7, 11) is 0. The van der Waals surface area contributed by atoms with Gasteiger partial charge < -0.3 is 10.5 Å². The van der Waals surface area contributed by atoms with Crippen LogP contribution in [0.15, 0.2) is 18.2 Å². The number of benzene rings is 1. The molecule has 6 heteroatoms. The van der Waals surface area contributed by atoms with Crippen molar-refractivity contribution in [3.8, 4) is 5.75 Å². The molecule has 1 aliphatic rings. The van der Waals surface area contributed by atoms with Crippen molar-refractivity contribution < 1.29 is 17.9 Å². The third-order valence-electron chi connectivity index (χ3n) is 3.12. The van der Waals surface area contributed by atoms with E-state index in [0.29, 0.717) is 5.75 Å². The molecule has 2 rings (SSSR count). The van der Waals surface area contributed by atoms with E-state index in [0.717, 1.165) is 30.4 Å². The number of ether oxygens (including phenoxy) is 1. The Morgan fingerprint density at radius 2 is 2.16 bits per heavy atom. The van der Waals surface area contributed by atoms with Crippen molar-refractivity contribution in [2.24, 2.45) is 5.73 Å². The van der Waals surface area contributed by atoms with E-state index in [1.807, 2.05) is 12.1 Å². The zero-order valence-corrected chi connectivity index (χ0v) is 11.2. The second-order valence-electron chi connectivity index (χ2n) is 4.47. The molecule has 1 atom stereocenters. The van der Waals surface area contributed by atoms with E-state index in [1.165, 1.54) is 0 Å². The summed E-state index contributed by atoms with van der Waals surface area (Å²) < 4.78 is 41.5. The van der Waals surface area contributed by atoms with Gasteiger partial charge in [0.25, 0.3) is 0 Å². The van der Waals surface area contributed by atoms with Gasteiger partial charge in [0.1, 0.15) is 5.75 Å². The second kappa shape index (κ2) is 6.05. The van der Waals surface area contributed by atoms with Gasteiger partial charge in [0.15, 0.2) is 0 Å². The van der Waals surface area contributed by atoms with E-state index in [9.17, 15) is 13.2 Å². The van der Waals surface area contributed by atoms with E-state index in [4.69, 9.17) is 10.5 Å². The van der Waals surface area contributed by atoms with E-state index < -0.39 is 5.51 Å². The first kappa shape index (κ1) is 14.5. The highest BCUT2D eigenvalue weighted by Gasteiger charge is 2.27. The lowest BCUT2D eigenvalue weighted by Gasteiger charge is -2.24. The maximum Gasteiger partial charge on any atom is 0.441 e. The monoisotopic (exact) mass is 291 g/mol. The Morgan fingerprint density at radius 3 is 2.89 bits per heavy atom. The molecule has 1 aromatic rings. The van der Waals surface area contributed by atoms with Crippen molar-refractivity contribution in [1.29, 1.82) is 0 Å². The lowest BCUT2D eigenvalue weighted by molar-refractivity contribution is -0.0329. The van der Waals surface area contributed by atoms with E-state index in [1.54, 1.807) is 6.07 Å². The van der Waals surface area contributed by atoms with Crippen molar-refractivity contribution >= 4 is 11.8 Å². The number of alkyl halides is 3. The molecule has 1 aliphatic carbocycles. The van der Waals surface area contributed by atoms with Crippen LogP contribution in [0.3, 0.4) is 0 Å². The van der Waals surface area contributed by atoms with E-state index in [2.05, 4.69) is 0 Å². The van der Waals surface area contributed by atoms with Gasteiger partial charge in [-0.15, -0.1) is 0 Å². The molecule has 19 heavy (non-hydrogen) atoms. The van der Waals surface area contributed by atoms with Gasteiger partial charge in [-0.3, -0.25) is 0 Å². The lowest BCUT2D eigenvalue weighted by atomic mass is 9.88. The molecule has 0 fully saturated rings. The summed E-state index contributed by atoms with van der Waals surface area (Å²) in [6.07, 6.45) is 2.82. The fourth-order valence-corrected chi connectivity index (χ4v) is 2.69. The first-order valence-corrected chi connectivity index (χ1v) is 7.17. The Balaban J connectivity index is 1.96. The molecule has 1 aromatic carbocycles. The zero-order chi connectivity index (χ0) is 13.9. The number of rotatable bonds is 4. The Hall–Kier alpha value is -0.880. The molecule has 2 N–H and O–H groups in total. The van der Waals surface area contributed by atoms with Gasteiger partial charge in [-0.25, -0.2) is 0 Å². The zero-order valence-electron chi connectivity index (χ0n) is 10.4. The van der Waals surface area contributed by atoms with E-state index >= 15 is 0 Å². The van der Waals surface area contributed by atoms with Crippen LogP contribution in [-0.2, 0) is 6.42 Å². The van der Waals surface area contributed by atoms with Gasteiger partial charge in [-0.1, -0.05) is 12.1 Å². The summed E-state index contributed by atoms with van der Waals surface area (Å²) in [4.78, 5) is 0. The first-order chi connectivity index (χ1) is 8.97. The molecule has 2 nitrogen and oxygen atoms in total. The van der Waals surface area contributed by atoms with Crippen LogP contribution in [0.1, 0.15) is 30.0 Å². The molecule has 0 saturated carbocycles. The fourth-order valence-electron chi connectivity index (χ4n) is 2.30. The summed E-state index contributed by atoms with van der Waals surface area (Å²) in [5.41, 5.74) is 3.94. The largest absolute Gasteiger partial charge is 0.492 e. The lowest BCUT2D eigenvalue weighted by Crippen LogP contribution is -2.18. The maximum absolute atomic E-state index is 12.0. The molecular formula is C13H16F3NOS. The molecule has 0 radical (unpaired) electrons. The molecule has 1 unspecified atom stereocenters. The van der Waals surface area contributed by atoms with Crippen molar-refractivity contribution in [3.05, 3.63) is 29.3 Å².